The molecule has 1 saturated heterocycles. The highest BCUT2D eigenvalue weighted by Gasteiger charge is 2.30. The Morgan fingerprint density at radius 1 is 1.42 bits per heavy atom. The van der Waals surface area contributed by atoms with Crippen molar-refractivity contribution in [2.75, 3.05) is 16.8 Å². The number of benzene rings is 1. The standard InChI is InChI=1S/C17H21N5O2/c1-11-5-6-12(8-14(11)16(18)23)20-15-4-3-7-22(17(15)24)13-9-19-21(2)10-13/h5-6,8-10,15,20H,3-4,7H2,1-2H3,(H2,18,23)/t15-/m0/s1. The fraction of sp³-hybridized carbons (Fsp3) is 0.353. The summed E-state index contributed by atoms with van der Waals surface area (Å²) in [6.07, 6.45) is 5.16. The number of nitrogens with two attached hydrogens (primary N) is 1. The lowest BCUT2D eigenvalue weighted by molar-refractivity contribution is -0.120. The minimum absolute atomic E-state index is 0.00968. The fourth-order valence-electron chi connectivity index (χ4n) is 2.99. The van der Waals surface area contributed by atoms with Crippen molar-refractivity contribution in [1.82, 2.24) is 9.78 Å². The molecule has 3 N–H and O–H groups in total. The summed E-state index contributed by atoms with van der Waals surface area (Å²) in [6.45, 7) is 2.52. The first-order valence-electron chi connectivity index (χ1n) is 7.92. The molecule has 1 aromatic heterocycles. The van der Waals surface area contributed by atoms with Crippen LogP contribution in [-0.4, -0.2) is 34.2 Å². The first kappa shape index (κ1) is 16.0. The van der Waals surface area contributed by atoms with Gasteiger partial charge < -0.3 is 16.0 Å². The van der Waals surface area contributed by atoms with Crippen molar-refractivity contribution in [2.24, 2.45) is 12.8 Å². The van der Waals surface area contributed by atoms with Gasteiger partial charge in [-0.3, -0.25) is 14.3 Å². The van der Waals surface area contributed by atoms with Gasteiger partial charge in [-0.25, -0.2) is 0 Å². The maximum atomic E-state index is 12.8. The Bertz CT molecular complexity index is 783. The molecule has 24 heavy (non-hydrogen) atoms. The third-order valence-corrected chi connectivity index (χ3v) is 4.29. The largest absolute Gasteiger partial charge is 0.374 e. The van der Waals surface area contributed by atoms with Crippen LogP contribution in [0.3, 0.4) is 0 Å². The van der Waals surface area contributed by atoms with E-state index >= 15 is 0 Å². The van der Waals surface area contributed by atoms with E-state index in [0.29, 0.717) is 12.1 Å². The molecule has 126 valence electrons. The van der Waals surface area contributed by atoms with Gasteiger partial charge in [0.25, 0.3) is 0 Å². The number of nitrogens with zero attached hydrogens (tertiary/aromatic N) is 3. The normalized spacial score (nSPS) is 17.8. The van der Waals surface area contributed by atoms with Gasteiger partial charge >= 0.3 is 0 Å². The Kier molecular flexibility index (Phi) is 4.24. The molecule has 0 unspecified atom stereocenters. The van der Waals surface area contributed by atoms with Gasteiger partial charge in [0.05, 0.1) is 11.9 Å². The van der Waals surface area contributed by atoms with E-state index in [-0.39, 0.29) is 11.9 Å². The number of hydrogen-bond donors (Lipinski definition) is 2. The molecule has 7 heteroatoms. The number of primary amides is 1. The smallest absolute Gasteiger partial charge is 0.249 e. The lowest BCUT2D eigenvalue weighted by Crippen LogP contribution is -2.47. The summed E-state index contributed by atoms with van der Waals surface area (Å²) in [6, 6.07) is 5.06. The number of rotatable bonds is 4. The van der Waals surface area contributed by atoms with E-state index in [1.54, 1.807) is 21.8 Å². The van der Waals surface area contributed by atoms with Crippen molar-refractivity contribution in [3.05, 3.63) is 41.7 Å². The maximum Gasteiger partial charge on any atom is 0.249 e. The first-order valence-corrected chi connectivity index (χ1v) is 7.92. The van der Waals surface area contributed by atoms with Gasteiger partial charge in [0, 0.05) is 31.0 Å². The molecule has 1 aromatic carbocycles. The average Bonchev–Trinajstić information content (AvgIpc) is 2.97. The fourth-order valence-corrected chi connectivity index (χ4v) is 2.99. The van der Waals surface area contributed by atoms with Gasteiger partial charge in [0.15, 0.2) is 0 Å². The van der Waals surface area contributed by atoms with E-state index in [4.69, 9.17) is 5.73 Å². The number of hydrogen-bond acceptors (Lipinski definition) is 4. The zero-order valence-electron chi connectivity index (χ0n) is 13.8. The zero-order chi connectivity index (χ0) is 17.3. The van der Waals surface area contributed by atoms with Crippen molar-refractivity contribution in [3.8, 4) is 0 Å². The van der Waals surface area contributed by atoms with Crippen LogP contribution >= 0.6 is 0 Å². The lowest BCUT2D eigenvalue weighted by atomic mass is 10.0. The van der Waals surface area contributed by atoms with Crippen LogP contribution in [0.2, 0.25) is 0 Å². The van der Waals surface area contributed by atoms with Crippen molar-refractivity contribution in [3.63, 3.8) is 0 Å². The number of aromatic nitrogens is 2. The Labute approximate surface area is 140 Å². The van der Waals surface area contributed by atoms with Crippen LogP contribution in [0.4, 0.5) is 11.4 Å². The highest BCUT2D eigenvalue weighted by Crippen LogP contribution is 2.23. The summed E-state index contributed by atoms with van der Waals surface area (Å²) in [5.41, 5.74) is 8.20. The number of amides is 2. The first-order chi connectivity index (χ1) is 11.5. The quantitative estimate of drug-likeness (QED) is 0.888. The Morgan fingerprint density at radius 2 is 2.21 bits per heavy atom. The molecule has 2 aromatic rings. The number of carbonyl (C=O) groups is 2. The van der Waals surface area contributed by atoms with Gasteiger partial charge in [-0.2, -0.15) is 5.10 Å². The molecule has 0 radical (unpaired) electrons. The minimum atomic E-state index is -0.469. The number of nitrogens with one attached hydrogen (secondary N) is 1. The summed E-state index contributed by atoms with van der Waals surface area (Å²) < 4.78 is 1.68. The molecule has 1 aliphatic rings. The van der Waals surface area contributed by atoms with Crippen LogP contribution in [0.25, 0.3) is 0 Å². The van der Waals surface area contributed by atoms with Gasteiger partial charge in [-0.15, -0.1) is 0 Å². The maximum absolute atomic E-state index is 12.8. The summed E-state index contributed by atoms with van der Waals surface area (Å²) >= 11 is 0. The van der Waals surface area contributed by atoms with Crippen molar-refractivity contribution in [1.29, 1.82) is 0 Å². The molecule has 0 bridgehead atoms. The molecular formula is C17H21N5O2. The molecule has 3 rings (SSSR count). The molecule has 1 aliphatic heterocycles. The molecule has 1 fully saturated rings. The second-order valence-corrected chi connectivity index (χ2v) is 6.10. The number of anilines is 2. The van der Waals surface area contributed by atoms with Crippen LogP contribution in [0.1, 0.15) is 28.8 Å². The Hall–Kier alpha value is -2.83. The van der Waals surface area contributed by atoms with Crippen molar-refractivity contribution >= 4 is 23.2 Å². The van der Waals surface area contributed by atoms with E-state index in [1.807, 2.05) is 32.3 Å². The molecule has 2 heterocycles. The van der Waals surface area contributed by atoms with Crippen molar-refractivity contribution in [2.45, 2.75) is 25.8 Å². The Morgan fingerprint density at radius 3 is 2.88 bits per heavy atom. The lowest BCUT2D eigenvalue weighted by Gasteiger charge is -2.32. The van der Waals surface area contributed by atoms with Crippen LogP contribution < -0.4 is 16.0 Å². The van der Waals surface area contributed by atoms with E-state index < -0.39 is 5.91 Å². The predicted molar refractivity (Wildman–Crippen MR) is 91.9 cm³/mol. The highest BCUT2D eigenvalue weighted by atomic mass is 16.2. The zero-order valence-corrected chi connectivity index (χ0v) is 13.8. The highest BCUT2D eigenvalue weighted by molar-refractivity contribution is 6.00. The summed E-state index contributed by atoms with van der Waals surface area (Å²) in [5.74, 6) is -0.460. The SMILES string of the molecule is Cc1ccc(N[C@H]2CCCN(c3cnn(C)c3)C2=O)cc1C(N)=O. The summed E-state index contributed by atoms with van der Waals surface area (Å²) in [5, 5.41) is 7.36. The van der Waals surface area contributed by atoms with E-state index in [0.717, 1.165) is 29.8 Å². The third-order valence-electron chi connectivity index (χ3n) is 4.29. The number of carbonyl (C=O) groups excluding carboxylic acids is 2. The molecule has 0 spiro atoms. The average molecular weight is 327 g/mol. The Balaban J connectivity index is 1.79. The topological polar surface area (TPSA) is 93.2 Å². The molecule has 0 aliphatic carbocycles. The van der Waals surface area contributed by atoms with E-state index in [9.17, 15) is 9.59 Å². The van der Waals surface area contributed by atoms with E-state index in [1.165, 1.54) is 0 Å². The van der Waals surface area contributed by atoms with Gasteiger partial charge in [-0.05, 0) is 37.5 Å². The monoisotopic (exact) mass is 327 g/mol. The van der Waals surface area contributed by atoms with Crippen LogP contribution in [0.5, 0.6) is 0 Å². The van der Waals surface area contributed by atoms with Gasteiger partial charge in [0.2, 0.25) is 11.8 Å². The van der Waals surface area contributed by atoms with Gasteiger partial charge in [-0.1, -0.05) is 6.07 Å². The second kappa shape index (κ2) is 6.35. The van der Waals surface area contributed by atoms with Crippen LogP contribution in [0.15, 0.2) is 30.6 Å². The predicted octanol–water partition coefficient (Wildman–Crippen LogP) is 1.43. The van der Waals surface area contributed by atoms with Crippen LogP contribution in [0, 0.1) is 6.92 Å². The second-order valence-electron chi connectivity index (χ2n) is 6.10. The number of aryl methyl sites for hydroxylation is 2. The third kappa shape index (κ3) is 3.10. The van der Waals surface area contributed by atoms with Crippen molar-refractivity contribution < 1.29 is 9.59 Å². The number of piperidine rings is 1. The van der Waals surface area contributed by atoms with Gasteiger partial charge in [0.1, 0.15) is 6.04 Å². The van der Waals surface area contributed by atoms with E-state index in [2.05, 4.69) is 10.4 Å². The molecule has 0 saturated carbocycles. The molecule has 7 nitrogen and oxygen atoms in total. The summed E-state index contributed by atoms with van der Waals surface area (Å²) in [4.78, 5) is 26.0. The minimum Gasteiger partial charge on any atom is -0.374 e. The molecule has 1 atom stereocenters. The molecular weight excluding hydrogens is 306 g/mol. The van der Waals surface area contributed by atoms with Crippen LogP contribution in [-0.2, 0) is 11.8 Å². The summed E-state index contributed by atoms with van der Waals surface area (Å²) in [7, 11) is 1.82. The molecule has 2 amide bonds.